The summed E-state index contributed by atoms with van der Waals surface area (Å²) in [6.07, 6.45) is 0. The Morgan fingerprint density at radius 2 is 1.07 bits per heavy atom. The molecule has 0 heterocycles. The predicted molar refractivity (Wildman–Crippen MR) is 84.8 cm³/mol. The van der Waals surface area contributed by atoms with Crippen LogP contribution in [0.1, 0.15) is 0 Å². The zero-order chi connectivity index (χ0) is 10.3. The molecule has 0 saturated heterocycles. The van der Waals surface area contributed by atoms with E-state index in [0.29, 0.717) is 0 Å². The minimum atomic E-state index is 1.17. The second-order valence-electron chi connectivity index (χ2n) is 2.82. The third kappa shape index (κ3) is 1.99. The van der Waals surface area contributed by atoms with Gasteiger partial charge in [-0.15, -0.1) is 0 Å². The fourth-order valence-electron chi connectivity index (χ4n) is 1.28. The molecule has 0 aliphatic rings. The van der Waals surface area contributed by atoms with E-state index >= 15 is 0 Å². The summed E-state index contributed by atoms with van der Waals surface area (Å²) in [5, 5.41) is 2.51. The molecule has 72 valence electrons. The van der Waals surface area contributed by atoms with Crippen LogP contribution in [0.25, 0.3) is 10.8 Å². The van der Waals surface area contributed by atoms with Crippen LogP contribution in [-0.2, 0) is 0 Å². The molecule has 0 bridgehead atoms. The molecule has 0 radical (unpaired) electrons. The minimum absolute atomic E-state index is 1.17. The molecule has 0 fully saturated rings. The van der Waals surface area contributed by atoms with Crippen molar-refractivity contribution >= 4 is 87.8 Å². The van der Waals surface area contributed by atoms with Gasteiger partial charge >= 0.3 is 0 Å². The van der Waals surface area contributed by atoms with E-state index in [-0.39, 0.29) is 0 Å². The van der Waals surface area contributed by atoms with Gasteiger partial charge in [0, 0.05) is 16.1 Å². The highest BCUT2D eigenvalue weighted by molar-refractivity contribution is 14.1. The number of fused-ring (bicyclic) bond motifs is 1. The monoisotopic (exact) mass is 536 g/mol. The molecule has 0 spiro atoms. The fourth-order valence-corrected chi connectivity index (χ4v) is 3.18. The van der Waals surface area contributed by atoms with E-state index in [1.54, 1.807) is 0 Å². The molecule has 2 aromatic carbocycles. The molecular formula is C10H4Br2I2. The number of benzene rings is 2. The van der Waals surface area contributed by atoms with Crippen LogP contribution in [0.3, 0.4) is 0 Å². The molecule has 4 heteroatoms. The first-order valence-electron chi connectivity index (χ1n) is 3.83. The molecule has 2 aromatic rings. The van der Waals surface area contributed by atoms with E-state index in [4.69, 9.17) is 0 Å². The first-order valence-corrected chi connectivity index (χ1v) is 7.57. The van der Waals surface area contributed by atoms with Gasteiger partial charge in [-0.2, -0.15) is 0 Å². The summed E-state index contributed by atoms with van der Waals surface area (Å²) in [7, 11) is 0. The van der Waals surface area contributed by atoms with Crippen molar-refractivity contribution in [2.75, 3.05) is 0 Å². The van der Waals surface area contributed by atoms with Crippen molar-refractivity contribution < 1.29 is 0 Å². The summed E-state index contributed by atoms with van der Waals surface area (Å²) in [6.45, 7) is 0. The Bertz CT molecular complexity index is 462. The number of hydrogen-bond donors (Lipinski definition) is 0. The molecule has 2 rings (SSSR count). The topological polar surface area (TPSA) is 0 Å². The van der Waals surface area contributed by atoms with Crippen LogP contribution in [0.2, 0.25) is 0 Å². The van der Waals surface area contributed by atoms with Crippen LogP contribution >= 0.6 is 77.0 Å². The van der Waals surface area contributed by atoms with Gasteiger partial charge in [-0.3, -0.25) is 0 Å². The summed E-state index contributed by atoms with van der Waals surface area (Å²) >= 11 is 11.9. The van der Waals surface area contributed by atoms with Crippen molar-refractivity contribution in [2.45, 2.75) is 0 Å². The van der Waals surface area contributed by atoms with Gasteiger partial charge in [-0.1, -0.05) is 12.1 Å². The van der Waals surface area contributed by atoms with Gasteiger partial charge in [0.25, 0.3) is 0 Å². The lowest BCUT2D eigenvalue weighted by atomic mass is 10.1. The van der Waals surface area contributed by atoms with Crippen molar-refractivity contribution in [3.63, 3.8) is 0 Å². The number of hydrogen-bond acceptors (Lipinski definition) is 0. The van der Waals surface area contributed by atoms with E-state index in [1.807, 2.05) is 0 Å². The first kappa shape index (κ1) is 11.6. The molecule has 0 N–H and O–H groups in total. The van der Waals surface area contributed by atoms with Gasteiger partial charge in [0.15, 0.2) is 0 Å². The van der Waals surface area contributed by atoms with Crippen molar-refractivity contribution in [1.29, 1.82) is 0 Å². The molecule has 0 nitrogen and oxygen atoms in total. The molecule has 0 saturated carbocycles. The Morgan fingerprint density at radius 3 is 1.43 bits per heavy atom. The van der Waals surface area contributed by atoms with E-state index < -0.39 is 0 Å². The summed E-state index contributed by atoms with van der Waals surface area (Å²) < 4.78 is 4.83. The molecule has 0 amide bonds. The standard InChI is InChI=1S/C10H4Br2I2/c11-9-5-1-3-7(13)10(12)6(5)2-4-8(9)14/h1-4H. The van der Waals surface area contributed by atoms with Crippen LogP contribution < -0.4 is 0 Å². The molecule has 0 aromatic heterocycles. The van der Waals surface area contributed by atoms with Gasteiger partial charge < -0.3 is 0 Å². The Labute approximate surface area is 126 Å². The van der Waals surface area contributed by atoms with Gasteiger partial charge in [-0.05, 0) is 99.9 Å². The quantitative estimate of drug-likeness (QED) is 0.385. The van der Waals surface area contributed by atoms with Crippen LogP contribution in [0.5, 0.6) is 0 Å². The maximum atomic E-state index is 3.61. The third-order valence-electron chi connectivity index (χ3n) is 1.98. The minimum Gasteiger partial charge on any atom is -0.0521 e. The Morgan fingerprint density at radius 1 is 0.714 bits per heavy atom. The summed E-state index contributed by atoms with van der Waals surface area (Å²) in [4.78, 5) is 0. The van der Waals surface area contributed by atoms with Crippen LogP contribution in [0, 0.1) is 7.14 Å². The summed E-state index contributed by atoms with van der Waals surface area (Å²) in [5.41, 5.74) is 0. The average Bonchev–Trinajstić information content (AvgIpc) is 2.17. The second-order valence-corrected chi connectivity index (χ2v) is 6.73. The fraction of sp³-hybridized carbons (Fsp3) is 0. The lowest BCUT2D eigenvalue weighted by Crippen LogP contribution is -1.83. The van der Waals surface area contributed by atoms with Gasteiger partial charge in [0.1, 0.15) is 0 Å². The number of rotatable bonds is 0. The molecule has 14 heavy (non-hydrogen) atoms. The first-order chi connectivity index (χ1) is 6.61. The smallest absolute Gasteiger partial charge is 0.0387 e. The predicted octanol–water partition coefficient (Wildman–Crippen LogP) is 5.57. The highest BCUT2D eigenvalue weighted by atomic mass is 127. The molecule has 0 aliphatic heterocycles. The lowest BCUT2D eigenvalue weighted by Gasteiger charge is -2.06. The Hall–Kier alpha value is 1.12. The maximum Gasteiger partial charge on any atom is 0.0387 e. The van der Waals surface area contributed by atoms with Gasteiger partial charge in [0.05, 0.1) is 0 Å². The van der Waals surface area contributed by atoms with Crippen LogP contribution in [0.15, 0.2) is 33.2 Å². The van der Waals surface area contributed by atoms with E-state index in [9.17, 15) is 0 Å². The van der Waals surface area contributed by atoms with E-state index in [1.165, 1.54) is 26.9 Å². The normalized spacial score (nSPS) is 10.9. The van der Waals surface area contributed by atoms with Crippen molar-refractivity contribution in [3.05, 3.63) is 40.4 Å². The summed E-state index contributed by atoms with van der Waals surface area (Å²) in [6, 6.07) is 8.53. The largest absolute Gasteiger partial charge is 0.0521 e. The summed E-state index contributed by atoms with van der Waals surface area (Å²) in [5.74, 6) is 0. The Kier molecular flexibility index (Phi) is 3.77. The molecule has 0 atom stereocenters. The van der Waals surface area contributed by atoms with E-state index in [0.717, 1.165) is 0 Å². The van der Waals surface area contributed by atoms with Crippen molar-refractivity contribution in [3.8, 4) is 0 Å². The van der Waals surface area contributed by atoms with Gasteiger partial charge in [0.2, 0.25) is 0 Å². The van der Waals surface area contributed by atoms with Crippen LogP contribution in [0.4, 0.5) is 0 Å². The molecular weight excluding hydrogens is 534 g/mol. The highest BCUT2D eigenvalue weighted by Crippen LogP contribution is 2.35. The Balaban J connectivity index is 2.94. The van der Waals surface area contributed by atoms with Crippen LogP contribution in [-0.4, -0.2) is 0 Å². The lowest BCUT2D eigenvalue weighted by molar-refractivity contribution is 1.60. The molecule has 0 unspecified atom stereocenters. The number of halogens is 4. The SMILES string of the molecule is Brc1c(I)ccc2c(Br)c(I)ccc12. The zero-order valence-corrected chi connectivity index (χ0v) is 14.3. The molecule has 0 aliphatic carbocycles. The second kappa shape index (κ2) is 4.55. The highest BCUT2D eigenvalue weighted by Gasteiger charge is 2.07. The third-order valence-corrected chi connectivity index (χ3v) is 6.96. The zero-order valence-electron chi connectivity index (χ0n) is 6.82. The van der Waals surface area contributed by atoms with Gasteiger partial charge in [-0.25, -0.2) is 0 Å². The van der Waals surface area contributed by atoms with Crippen molar-refractivity contribution in [2.24, 2.45) is 0 Å². The van der Waals surface area contributed by atoms with E-state index in [2.05, 4.69) is 101 Å². The average molecular weight is 538 g/mol. The maximum absolute atomic E-state index is 3.61. The van der Waals surface area contributed by atoms with Crippen molar-refractivity contribution in [1.82, 2.24) is 0 Å².